The number of aliphatic hydroxyl groups excluding tert-OH is 1. The maximum atomic E-state index is 10.7. The summed E-state index contributed by atoms with van der Waals surface area (Å²) >= 11 is 1.81. The first kappa shape index (κ1) is 15.9. The molecule has 5 nitrogen and oxygen atoms in total. The summed E-state index contributed by atoms with van der Waals surface area (Å²) in [6.07, 6.45) is 3.97. The van der Waals surface area contributed by atoms with Gasteiger partial charge in [0.25, 0.3) is 0 Å². The van der Waals surface area contributed by atoms with Gasteiger partial charge in [-0.15, -0.1) is 11.3 Å². The number of rotatable bonds is 5. The number of hydrogen-bond acceptors (Lipinski definition) is 6. The third-order valence-corrected chi connectivity index (χ3v) is 5.88. The molecule has 4 rings (SSSR count). The lowest BCUT2D eigenvalue weighted by Crippen LogP contribution is -2.33. The summed E-state index contributed by atoms with van der Waals surface area (Å²) in [4.78, 5) is 8.06. The van der Waals surface area contributed by atoms with Gasteiger partial charge in [0.1, 0.15) is 11.5 Å². The van der Waals surface area contributed by atoms with Crippen molar-refractivity contribution in [2.75, 3.05) is 20.8 Å². The molecule has 1 atom stereocenters. The molecule has 2 aliphatic rings. The Labute approximate surface area is 145 Å². The molecule has 1 aliphatic heterocycles. The molecule has 1 aromatic carbocycles. The number of aromatic nitrogens is 1. The fourth-order valence-corrected chi connectivity index (χ4v) is 4.53. The Balaban J connectivity index is 1.57. The van der Waals surface area contributed by atoms with Gasteiger partial charge < -0.3 is 14.6 Å². The Hall–Kier alpha value is -1.63. The maximum Gasteiger partial charge on any atom is 0.125 e. The van der Waals surface area contributed by atoms with E-state index in [9.17, 15) is 5.11 Å². The molecule has 1 N–H and O–H groups in total. The van der Waals surface area contributed by atoms with E-state index < -0.39 is 6.10 Å². The molecule has 2 heterocycles. The van der Waals surface area contributed by atoms with Crippen LogP contribution < -0.4 is 9.47 Å². The van der Waals surface area contributed by atoms with Crippen LogP contribution in [0, 0.1) is 0 Å². The van der Waals surface area contributed by atoms with E-state index in [1.807, 2.05) is 18.3 Å². The van der Waals surface area contributed by atoms with Crippen LogP contribution in [0.3, 0.4) is 0 Å². The molecular weight excluding hydrogens is 324 g/mol. The monoisotopic (exact) mass is 346 g/mol. The molecule has 6 heteroatoms. The van der Waals surface area contributed by atoms with Crippen LogP contribution in [0.15, 0.2) is 18.3 Å². The SMILES string of the molecule is COc1ccc(OC)c2c1CN(Cc1cnc(C3CC3)s1)C[C@@H]2O. The number of aliphatic hydroxyl groups is 1. The maximum absolute atomic E-state index is 10.7. The number of thiazole rings is 1. The van der Waals surface area contributed by atoms with Gasteiger partial charge in [-0.05, 0) is 25.0 Å². The fraction of sp³-hybridized carbons (Fsp3) is 0.500. The van der Waals surface area contributed by atoms with E-state index in [1.54, 1.807) is 25.6 Å². The number of nitrogens with zero attached hydrogens (tertiary/aromatic N) is 2. The zero-order chi connectivity index (χ0) is 16.7. The van der Waals surface area contributed by atoms with Crippen molar-refractivity contribution in [2.45, 2.75) is 38.0 Å². The Kier molecular flexibility index (Phi) is 4.20. The predicted octanol–water partition coefficient (Wildman–Crippen LogP) is 3.09. The smallest absolute Gasteiger partial charge is 0.125 e. The summed E-state index contributed by atoms with van der Waals surface area (Å²) in [6, 6.07) is 3.77. The van der Waals surface area contributed by atoms with Crippen molar-refractivity contribution in [3.8, 4) is 11.5 Å². The van der Waals surface area contributed by atoms with Gasteiger partial charge in [-0.2, -0.15) is 0 Å². The van der Waals surface area contributed by atoms with Crippen LogP contribution in [0.1, 0.15) is 45.9 Å². The Morgan fingerprint density at radius 3 is 2.71 bits per heavy atom. The van der Waals surface area contributed by atoms with Crippen molar-refractivity contribution in [1.29, 1.82) is 0 Å². The quantitative estimate of drug-likeness (QED) is 0.902. The summed E-state index contributed by atoms with van der Waals surface area (Å²) in [5.74, 6) is 2.23. The topological polar surface area (TPSA) is 54.8 Å². The minimum absolute atomic E-state index is 0.574. The van der Waals surface area contributed by atoms with Crippen molar-refractivity contribution >= 4 is 11.3 Å². The molecule has 0 unspecified atom stereocenters. The van der Waals surface area contributed by atoms with Crippen LogP contribution in [0.4, 0.5) is 0 Å². The predicted molar refractivity (Wildman–Crippen MR) is 92.7 cm³/mol. The average Bonchev–Trinajstić information content (AvgIpc) is 3.34. The van der Waals surface area contributed by atoms with Crippen molar-refractivity contribution in [1.82, 2.24) is 9.88 Å². The minimum atomic E-state index is -0.574. The molecule has 2 aromatic rings. The van der Waals surface area contributed by atoms with Crippen molar-refractivity contribution in [3.63, 3.8) is 0 Å². The fourth-order valence-electron chi connectivity index (χ4n) is 3.40. The molecule has 1 saturated carbocycles. The van der Waals surface area contributed by atoms with Crippen LogP contribution in [0.2, 0.25) is 0 Å². The summed E-state index contributed by atoms with van der Waals surface area (Å²) in [5, 5.41) is 11.9. The second-order valence-corrected chi connectivity index (χ2v) is 7.63. The number of β-amino-alcohol motifs (C(OH)–C–C–N with tert-alkyl or cyclic N) is 1. The molecule has 0 radical (unpaired) electrons. The lowest BCUT2D eigenvalue weighted by atomic mass is 9.95. The highest BCUT2D eigenvalue weighted by molar-refractivity contribution is 7.11. The van der Waals surface area contributed by atoms with Gasteiger partial charge >= 0.3 is 0 Å². The highest BCUT2D eigenvalue weighted by atomic mass is 32.1. The molecule has 0 amide bonds. The number of fused-ring (bicyclic) bond motifs is 1. The third-order valence-electron chi connectivity index (χ3n) is 4.74. The summed E-state index contributed by atoms with van der Waals surface area (Å²) in [5.41, 5.74) is 1.87. The highest BCUT2D eigenvalue weighted by Gasteiger charge is 2.31. The van der Waals surface area contributed by atoms with Crippen molar-refractivity contribution in [3.05, 3.63) is 39.3 Å². The Morgan fingerprint density at radius 1 is 1.25 bits per heavy atom. The van der Waals surface area contributed by atoms with Gasteiger partial charge in [-0.3, -0.25) is 4.90 Å². The molecular formula is C18H22N2O3S. The normalized spacial score (nSPS) is 20.7. The second-order valence-electron chi connectivity index (χ2n) is 6.49. The molecule has 0 spiro atoms. The first-order chi connectivity index (χ1) is 11.7. The highest BCUT2D eigenvalue weighted by Crippen LogP contribution is 2.43. The summed E-state index contributed by atoms with van der Waals surface area (Å²) in [6.45, 7) is 2.14. The molecule has 1 fully saturated rings. The zero-order valence-corrected chi connectivity index (χ0v) is 14.8. The zero-order valence-electron chi connectivity index (χ0n) is 14.0. The van der Waals surface area contributed by atoms with E-state index in [0.29, 0.717) is 12.5 Å². The molecule has 0 saturated heterocycles. The van der Waals surface area contributed by atoms with E-state index in [2.05, 4.69) is 9.88 Å². The van der Waals surface area contributed by atoms with Crippen molar-refractivity contribution in [2.24, 2.45) is 0 Å². The van der Waals surface area contributed by atoms with E-state index in [1.165, 1.54) is 22.7 Å². The first-order valence-electron chi connectivity index (χ1n) is 8.28. The minimum Gasteiger partial charge on any atom is -0.496 e. The number of ether oxygens (including phenoxy) is 2. The van der Waals surface area contributed by atoms with Crippen molar-refractivity contribution < 1.29 is 14.6 Å². The summed E-state index contributed by atoms with van der Waals surface area (Å²) in [7, 11) is 3.30. The number of methoxy groups -OCH3 is 2. The van der Waals surface area contributed by atoms with E-state index in [-0.39, 0.29) is 0 Å². The Morgan fingerprint density at radius 2 is 2.00 bits per heavy atom. The van der Waals surface area contributed by atoms with E-state index in [0.717, 1.165) is 35.7 Å². The number of benzene rings is 1. The van der Waals surface area contributed by atoms with Crippen LogP contribution in [0.5, 0.6) is 11.5 Å². The molecule has 0 bridgehead atoms. The standard InChI is InChI=1S/C18H22N2O3S/c1-22-15-5-6-16(23-2)17-13(15)9-20(10-14(17)21)8-12-7-19-18(24-12)11-3-4-11/h5-7,11,14,21H,3-4,8-10H2,1-2H3/t14-/m0/s1. The summed E-state index contributed by atoms with van der Waals surface area (Å²) < 4.78 is 10.9. The van der Waals surface area contributed by atoms with Crippen LogP contribution in [-0.4, -0.2) is 35.8 Å². The van der Waals surface area contributed by atoms with Gasteiger partial charge in [-0.1, -0.05) is 0 Å². The largest absolute Gasteiger partial charge is 0.496 e. The van der Waals surface area contributed by atoms with E-state index >= 15 is 0 Å². The third kappa shape index (κ3) is 2.90. The molecule has 1 aromatic heterocycles. The van der Waals surface area contributed by atoms with Crippen LogP contribution in [-0.2, 0) is 13.1 Å². The Bertz CT molecular complexity index is 742. The van der Waals surface area contributed by atoms with Gasteiger partial charge in [-0.25, -0.2) is 4.98 Å². The molecule has 1 aliphatic carbocycles. The van der Waals surface area contributed by atoms with Gasteiger partial charge in [0.15, 0.2) is 0 Å². The number of hydrogen-bond donors (Lipinski definition) is 1. The lowest BCUT2D eigenvalue weighted by Gasteiger charge is -2.33. The van der Waals surface area contributed by atoms with Gasteiger partial charge in [0.2, 0.25) is 0 Å². The van der Waals surface area contributed by atoms with E-state index in [4.69, 9.17) is 9.47 Å². The molecule has 128 valence electrons. The van der Waals surface area contributed by atoms with Crippen LogP contribution >= 0.6 is 11.3 Å². The van der Waals surface area contributed by atoms with Gasteiger partial charge in [0.05, 0.1) is 25.3 Å². The lowest BCUT2D eigenvalue weighted by molar-refractivity contribution is 0.0848. The van der Waals surface area contributed by atoms with Crippen LogP contribution in [0.25, 0.3) is 0 Å². The molecule has 24 heavy (non-hydrogen) atoms. The second kappa shape index (κ2) is 6.35. The average molecular weight is 346 g/mol. The first-order valence-corrected chi connectivity index (χ1v) is 9.10. The van der Waals surface area contributed by atoms with Gasteiger partial charge in [0, 0.05) is 47.8 Å².